The molecule has 0 aromatic heterocycles. The Bertz CT molecular complexity index is 540. The molecule has 1 N–H and O–H groups in total. The zero-order valence-electron chi connectivity index (χ0n) is 8.54. The second-order valence-corrected chi connectivity index (χ2v) is 6.04. The van der Waals surface area contributed by atoms with E-state index in [1.807, 2.05) is 0 Å². The molecule has 88 valence electrons. The molecule has 16 heavy (non-hydrogen) atoms. The van der Waals surface area contributed by atoms with E-state index in [-0.39, 0.29) is 15.5 Å². The highest BCUT2D eigenvalue weighted by atomic mass is 35.7. The van der Waals surface area contributed by atoms with Gasteiger partial charge in [-0.05, 0) is 24.6 Å². The summed E-state index contributed by atoms with van der Waals surface area (Å²) in [4.78, 5) is 11.2. The molecule has 0 fully saturated rings. The summed E-state index contributed by atoms with van der Waals surface area (Å²) < 4.78 is 22.5. The number of amides is 1. The fraction of sp³-hybridized carbons (Fsp3) is 0.222. The Hall–Kier alpha value is -0.780. The first kappa shape index (κ1) is 13.3. The largest absolute Gasteiger partial charge is 0.355 e. The van der Waals surface area contributed by atoms with E-state index in [9.17, 15) is 13.2 Å². The van der Waals surface area contributed by atoms with Crippen LogP contribution >= 0.6 is 22.3 Å². The van der Waals surface area contributed by atoms with Crippen molar-refractivity contribution in [1.82, 2.24) is 5.32 Å². The van der Waals surface area contributed by atoms with Crippen molar-refractivity contribution in [2.24, 2.45) is 0 Å². The van der Waals surface area contributed by atoms with Crippen molar-refractivity contribution in [2.75, 3.05) is 7.05 Å². The molecule has 0 aliphatic heterocycles. The standard InChI is InChI=1S/C9H9Cl2NO3S/c1-5-7(10)3-6(9(13)12-2)4-8(5)16(11,14)15/h3-4H,1-2H3,(H,12,13). The van der Waals surface area contributed by atoms with Gasteiger partial charge in [0.05, 0.1) is 4.90 Å². The fourth-order valence-electron chi connectivity index (χ4n) is 1.18. The minimum Gasteiger partial charge on any atom is -0.355 e. The highest BCUT2D eigenvalue weighted by Crippen LogP contribution is 2.27. The lowest BCUT2D eigenvalue weighted by Gasteiger charge is -2.07. The molecule has 0 heterocycles. The van der Waals surface area contributed by atoms with Crippen molar-refractivity contribution in [3.05, 3.63) is 28.3 Å². The van der Waals surface area contributed by atoms with Crippen LogP contribution in [0.4, 0.5) is 0 Å². The molecule has 0 bridgehead atoms. The summed E-state index contributed by atoms with van der Waals surface area (Å²) in [7, 11) is 2.76. The summed E-state index contributed by atoms with van der Waals surface area (Å²) in [5.41, 5.74) is 0.474. The summed E-state index contributed by atoms with van der Waals surface area (Å²) in [6.45, 7) is 1.52. The first-order valence-corrected chi connectivity index (χ1v) is 6.93. The molecule has 4 nitrogen and oxygen atoms in total. The third kappa shape index (κ3) is 2.66. The highest BCUT2D eigenvalue weighted by Gasteiger charge is 2.18. The first-order valence-electron chi connectivity index (χ1n) is 4.24. The van der Waals surface area contributed by atoms with Crippen molar-refractivity contribution in [2.45, 2.75) is 11.8 Å². The highest BCUT2D eigenvalue weighted by molar-refractivity contribution is 8.13. The molecule has 1 amide bonds. The SMILES string of the molecule is CNC(=O)c1cc(Cl)c(C)c(S(=O)(=O)Cl)c1. The summed E-state index contributed by atoms with van der Waals surface area (Å²) in [6.07, 6.45) is 0. The molecule has 1 aromatic rings. The number of carbonyl (C=O) groups excluding carboxylic acids is 1. The molecule has 0 aliphatic rings. The van der Waals surface area contributed by atoms with Crippen LogP contribution in [0, 0.1) is 6.92 Å². The molecular weight excluding hydrogens is 273 g/mol. The lowest BCUT2D eigenvalue weighted by molar-refractivity contribution is 0.0963. The Morgan fingerprint density at radius 3 is 2.38 bits per heavy atom. The van der Waals surface area contributed by atoms with Crippen molar-refractivity contribution in [1.29, 1.82) is 0 Å². The Balaban J connectivity index is 3.52. The Labute approximate surface area is 103 Å². The summed E-state index contributed by atoms with van der Waals surface area (Å²) in [5.74, 6) is -0.427. The van der Waals surface area contributed by atoms with Crippen LogP contribution in [-0.2, 0) is 9.05 Å². The van der Waals surface area contributed by atoms with Crippen LogP contribution in [0.5, 0.6) is 0 Å². The van der Waals surface area contributed by atoms with Crippen LogP contribution in [0.3, 0.4) is 0 Å². The zero-order chi connectivity index (χ0) is 12.5. The Morgan fingerprint density at radius 1 is 1.38 bits per heavy atom. The van der Waals surface area contributed by atoms with Crippen molar-refractivity contribution < 1.29 is 13.2 Å². The molecule has 0 saturated heterocycles. The van der Waals surface area contributed by atoms with E-state index in [1.165, 1.54) is 26.1 Å². The van der Waals surface area contributed by atoms with Gasteiger partial charge in [0.1, 0.15) is 0 Å². The molecule has 1 rings (SSSR count). The number of rotatable bonds is 2. The van der Waals surface area contributed by atoms with Crippen LogP contribution in [-0.4, -0.2) is 21.4 Å². The fourth-order valence-corrected chi connectivity index (χ4v) is 2.68. The van der Waals surface area contributed by atoms with Crippen molar-refractivity contribution in [3.8, 4) is 0 Å². The van der Waals surface area contributed by atoms with E-state index in [2.05, 4.69) is 5.32 Å². The normalized spacial score (nSPS) is 11.2. The van der Waals surface area contributed by atoms with Gasteiger partial charge in [0, 0.05) is 28.3 Å². The maximum atomic E-state index is 11.3. The van der Waals surface area contributed by atoms with E-state index in [4.69, 9.17) is 22.3 Å². The number of halogens is 2. The maximum absolute atomic E-state index is 11.3. The van der Waals surface area contributed by atoms with Gasteiger partial charge in [-0.25, -0.2) is 8.42 Å². The zero-order valence-corrected chi connectivity index (χ0v) is 10.9. The number of hydrogen-bond acceptors (Lipinski definition) is 3. The Kier molecular flexibility index (Phi) is 3.83. The van der Waals surface area contributed by atoms with Gasteiger partial charge in [0.2, 0.25) is 0 Å². The third-order valence-electron chi connectivity index (χ3n) is 2.05. The van der Waals surface area contributed by atoms with Gasteiger partial charge < -0.3 is 5.32 Å². The van der Waals surface area contributed by atoms with Gasteiger partial charge in [-0.1, -0.05) is 11.6 Å². The van der Waals surface area contributed by atoms with E-state index < -0.39 is 15.0 Å². The second kappa shape index (κ2) is 4.61. The average molecular weight is 282 g/mol. The van der Waals surface area contributed by atoms with E-state index in [0.717, 1.165) is 0 Å². The summed E-state index contributed by atoms with van der Waals surface area (Å²) >= 11 is 5.82. The van der Waals surface area contributed by atoms with E-state index in [1.54, 1.807) is 0 Å². The van der Waals surface area contributed by atoms with Crippen LogP contribution < -0.4 is 5.32 Å². The second-order valence-electron chi connectivity index (χ2n) is 3.10. The van der Waals surface area contributed by atoms with Crippen LogP contribution in [0.1, 0.15) is 15.9 Å². The smallest absolute Gasteiger partial charge is 0.261 e. The lowest BCUT2D eigenvalue weighted by atomic mass is 10.1. The van der Waals surface area contributed by atoms with Gasteiger partial charge in [-0.3, -0.25) is 4.79 Å². The van der Waals surface area contributed by atoms with Crippen LogP contribution in [0.25, 0.3) is 0 Å². The van der Waals surface area contributed by atoms with Crippen molar-refractivity contribution >= 4 is 37.2 Å². The van der Waals surface area contributed by atoms with Gasteiger partial charge in [0.15, 0.2) is 0 Å². The lowest BCUT2D eigenvalue weighted by Crippen LogP contribution is -2.18. The first-order chi connectivity index (χ1) is 7.27. The van der Waals surface area contributed by atoms with Crippen molar-refractivity contribution in [3.63, 3.8) is 0 Å². The third-order valence-corrected chi connectivity index (χ3v) is 3.89. The maximum Gasteiger partial charge on any atom is 0.261 e. The van der Waals surface area contributed by atoms with Gasteiger partial charge >= 0.3 is 0 Å². The monoisotopic (exact) mass is 281 g/mol. The molecule has 0 aliphatic carbocycles. The predicted molar refractivity (Wildman–Crippen MR) is 62.6 cm³/mol. The number of nitrogens with one attached hydrogen (secondary N) is 1. The molecular formula is C9H9Cl2NO3S. The average Bonchev–Trinajstić information content (AvgIpc) is 2.18. The molecule has 0 saturated carbocycles. The molecule has 0 spiro atoms. The van der Waals surface area contributed by atoms with Gasteiger partial charge in [-0.2, -0.15) is 0 Å². The topological polar surface area (TPSA) is 63.2 Å². The minimum absolute atomic E-state index is 0.150. The minimum atomic E-state index is -3.91. The molecule has 0 atom stereocenters. The van der Waals surface area contributed by atoms with Gasteiger partial charge in [-0.15, -0.1) is 0 Å². The molecule has 7 heteroatoms. The van der Waals surface area contributed by atoms with Crippen LogP contribution in [0.15, 0.2) is 17.0 Å². The van der Waals surface area contributed by atoms with E-state index in [0.29, 0.717) is 5.56 Å². The molecule has 0 unspecified atom stereocenters. The predicted octanol–water partition coefficient (Wildman–Crippen LogP) is 1.94. The van der Waals surface area contributed by atoms with Gasteiger partial charge in [0.25, 0.3) is 15.0 Å². The van der Waals surface area contributed by atoms with Crippen LogP contribution in [0.2, 0.25) is 5.02 Å². The quantitative estimate of drug-likeness (QED) is 0.843. The summed E-state index contributed by atoms with van der Waals surface area (Å²) in [6, 6.07) is 2.59. The number of benzene rings is 1. The van der Waals surface area contributed by atoms with E-state index >= 15 is 0 Å². The summed E-state index contributed by atoms with van der Waals surface area (Å²) in [5, 5.41) is 2.55. The number of carbonyl (C=O) groups is 1. The molecule has 1 aromatic carbocycles. The molecule has 0 radical (unpaired) electrons. The Morgan fingerprint density at radius 2 is 1.94 bits per heavy atom. The number of hydrogen-bond donors (Lipinski definition) is 1.